The Bertz CT molecular complexity index is 623. The molecule has 5 heteroatoms. The molecule has 2 aromatic carbocycles. The van der Waals surface area contributed by atoms with Crippen LogP contribution in [0.15, 0.2) is 36.4 Å². The van der Waals surface area contributed by atoms with Gasteiger partial charge in [-0.05, 0) is 11.6 Å². The Balaban J connectivity index is 2.49. The molecule has 0 aliphatic rings. The van der Waals surface area contributed by atoms with Crippen LogP contribution in [0.4, 0.5) is 0 Å². The number of benzene rings is 2. The molecular weight excluding hydrogens is 268 g/mol. The number of hydrogen-bond acceptors (Lipinski definition) is 3. The van der Waals surface area contributed by atoms with Gasteiger partial charge in [-0.25, -0.2) is 4.79 Å². The minimum Gasteiger partial charge on any atom is -0.506 e. The minimum absolute atomic E-state index is 0.298. The third-order valence-corrected chi connectivity index (χ3v) is 3.12. The molecule has 19 heavy (non-hydrogen) atoms. The predicted octanol–water partition coefficient (Wildman–Crippen LogP) is 3.04. The Morgan fingerprint density at radius 3 is 2.32 bits per heavy atom. The Morgan fingerprint density at radius 2 is 1.74 bits per heavy atom. The van der Waals surface area contributed by atoms with Crippen molar-refractivity contribution < 1.29 is 20.1 Å². The molecule has 0 aliphatic carbocycles. The molecule has 0 aliphatic heterocycles. The Labute approximate surface area is 114 Å². The maximum atomic E-state index is 11.0. The van der Waals surface area contributed by atoms with Gasteiger partial charge in [0.1, 0.15) is 16.3 Å². The molecule has 98 valence electrons. The van der Waals surface area contributed by atoms with Crippen LogP contribution in [-0.4, -0.2) is 21.3 Å². The van der Waals surface area contributed by atoms with Crippen molar-refractivity contribution in [1.82, 2.24) is 0 Å². The number of halogens is 1. The van der Waals surface area contributed by atoms with Gasteiger partial charge >= 0.3 is 5.97 Å². The van der Waals surface area contributed by atoms with Crippen molar-refractivity contribution in [3.8, 4) is 11.5 Å². The van der Waals surface area contributed by atoms with Crippen molar-refractivity contribution in [3.05, 3.63) is 58.1 Å². The van der Waals surface area contributed by atoms with E-state index < -0.39 is 11.7 Å². The largest absolute Gasteiger partial charge is 0.506 e. The number of carboxylic acid groups (broad SMARTS) is 1. The first-order valence-electron chi connectivity index (χ1n) is 5.51. The lowest BCUT2D eigenvalue weighted by atomic mass is 10.0. The van der Waals surface area contributed by atoms with Gasteiger partial charge in [-0.2, -0.15) is 0 Å². The highest BCUT2D eigenvalue weighted by atomic mass is 35.5. The molecule has 3 N–H and O–H groups in total. The van der Waals surface area contributed by atoms with Crippen LogP contribution in [0.2, 0.25) is 5.02 Å². The molecule has 0 aromatic heterocycles. The van der Waals surface area contributed by atoms with Gasteiger partial charge in [0.05, 0.1) is 0 Å². The normalized spacial score (nSPS) is 10.4. The molecule has 0 spiro atoms. The number of phenolic OH excluding ortho intramolecular Hbond substituents is 1. The second-order valence-electron chi connectivity index (χ2n) is 4.06. The van der Waals surface area contributed by atoms with Crippen LogP contribution >= 0.6 is 11.6 Å². The summed E-state index contributed by atoms with van der Waals surface area (Å²) in [6, 6.07) is 10.5. The van der Waals surface area contributed by atoms with E-state index in [0.29, 0.717) is 12.0 Å². The molecule has 0 saturated carbocycles. The van der Waals surface area contributed by atoms with E-state index in [2.05, 4.69) is 0 Å². The average molecular weight is 279 g/mol. The molecular formula is C14H11ClO4. The van der Waals surface area contributed by atoms with E-state index in [0.717, 1.165) is 5.56 Å². The quantitative estimate of drug-likeness (QED) is 0.806. The third-order valence-electron chi connectivity index (χ3n) is 2.76. The number of phenols is 2. The van der Waals surface area contributed by atoms with Crippen molar-refractivity contribution in [3.63, 3.8) is 0 Å². The van der Waals surface area contributed by atoms with Crippen LogP contribution in [0, 0.1) is 0 Å². The summed E-state index contributed by atoms with van der Waals surface area (Å²) in [5.41, 5.74) is 0.927. The van der Waals surface area contributed by atoms with Crippen LogP contribution in [-0.2, 0) is 6.42 Å². The molecule has 4 nitrogen and oxygen atoms in total. The Hall–Kier alpha value is -2.20. The topological polar surface area (TPSA) is 77.8 Å². The molecule has 0 amide bonds. The van der Waals surface area contributed by atoms with E-state index in [-0.39, 0.29) is 16.3 Å². The van der Waals surface area contributed by atoms with E-state index >= 15 is 0 Å². The zero-order valence-electron chi connectivity index (χ0n) is 9.80. The lowest BCUT2D eigenvalue weighted by Crippen LogP contribution is -2.00. The number of aromatic hydroxyl groups is 2. The summed E-state index contributed by atoms with van der Waals surface area (Å²) in [6.45, 7) is 0. The van der Waals surface area contributed by atoms with Crippen LogP contribution in [0.5, 0.6) is 11.5 Å². The van der Waals surface area contributed by atoms with Crippen LogP contribution in [0.25, 0.3) is 0 Å². The standard InChI is InChI=1S/C14H11ClO4/c15-11-12(16)9(6-8-4-2-1-3-5-8)7-10(13(11)17)14(18)19/h1-5,7,16-17H,6H2,(H,18,19). The van der Waals surface area contributed by atoms with Crippen molar-refractivity contribution >= 4 is 17.6 Å². The Kier molecular flexibility index (Phi) is 3.62. The van der Waals surface area contributed by atoms with Gasteiger partial charge in [0.2, 0.25) is 0 Å². The molecule has 0 radical (unpaired) electrons. The number of hydrogen-bond donors (Lipinski definition) is 3. The monoisotopic (exact) mass is 278 g/mol. The van der Waals surface area contributed by atoms with Crippen molar-refractivity contribution in [2.24, 2.45) is 0 Å². The first-order chi connectivity index (χ1) is 9.00. The second kappa shape index (κ2) is 5.20. The second-order valence-corrected chi connectivity index (χ2v) is 4.44. The summed E-state index contributed by atoms with van der Waals surface area (Å²) < 4.78 is 0. The highest BCUT2D eigenvalue weighted by Gasteiger charge is 2.19. The summed E-state index contributed by atoms with van der Waals surface area (Å²) in [7, 11) is 0. The summed E-state index contributed by atoms with van der Waals surface area (Å²) >= 11 is 5.73. The van der Waals surface area contributed by atoms with Crippen molar-refractivity contribution in [1.29, 1.82) is 0 Å². The summed E-state index contributed by atoms with van der Waals surface area (Å²) in [5.74, 6) is -2.22. The molecule has 0 bridgehead atoms. The molecule has 0 unspecified atom stereocenters. The molecule has 0 saturated heterocycles. The van der Waals surface area contributed by atoms with Crippen LogP contribution < -0.4 is 0 Å². The fourth-order valence-corrected chi connectivity index (χ4v) is 2.02. The summed E-state index contributed by atoms with van der Waals surface area (Å²) in [6.07, 6.45) is 0.326. The number of carboxylic acids is 1. The predicted molar refractivity (Wildman–Crippen MR) is 71.0 cm³/mol. The number of rotatable bonds is 3. The maximum Gasteiger partial charge on any atom is 0.339 e. The molecule has 0 atom stereocenters. The van der Waals surface area contributed by atoms with Gasteiger partial charge in [-0.15, -0.1) is 0 Å². The molecule has 0 heterocycles. The SMILES string of the molecule is O=C(O)c1cc(Cc2ccccc2)c(O)c(Cl)c1O. The van der Waals surface area contributed by atoms with E-state index in [1.165, 1.54) is 6.07 Å². The van der Waals surface area contributed by atoms with E-state index in [9.17, 15) is 15.0 Å². The lowest BCUT2D eigenvalue weighted by Gasteiger charge is -2.10. The smallest absolute Gasteiger partial charge is 0.339 e. The minimum atomic E-state index is -1.30. The molecule has 2 aromatic rings. The van der Waals surface area contributed by atoms with Crippen LogP contribution in [0.1, 0.15) is 21.5 Å². The average Bonchev–Trinajstić information content (AvgIpc) is 2.40. The number of carbonyl (C=O) groups is 1. The van der Waals surface area contributed by atoms with Gasteiger partial charge in [0, 0.05) is 12.0 Å². The van der Waals surface area contributed by atoms with Crippen LogP contribution in [0.3, 0.4) is 0 Å². The van der Waals surface area contributed by atoms with Gasteiger partial charge in [0.25, 0.3) is 0 Å². The summed E-state index contributed by atoms with van der Waals surface area (Å²) in [5, 5.41) is 28.1. The Morgan fingerprint density at radius 1 is 1.11 bits per heavy atom. The van der Waals surface area contributed by atoms with Gasteiger partial charge in [-0.3, -0.25) is 0 Å². The zero-order chi connectivity index (χ0) is 14.0. The van der Waals surface area contributed by atoms with Gasteiger partial charge in [-0.1, -0.05) is 41.9 Å². The molecule has 0 fully saturated rings. The summed E-state index contributed by atoms with van der Waals surface area (Å²) in [4.78, 5) is 11.0. The molecule has 2 rings (SSSR count). The van der Waals surface area contributed by atoms with Gasteiger partial charge in [0.15, 0.2) is 5.75 Å². The fraction of sp³-hybridized carbons (Fsp3) is 0.0714. The third kappa shape index (κ3) is 2.63. The number of aromatic carboxylic acids is 1. The van der Waals surface area contributed by atoms with E-state index in [1.54, 1.807) is 0 Å². The lowest BCUT2D eigenvalue weighted by molar-refractivity contribution is 0.0693. The fourth-order valence-electron chi connectivity index (χ4n) is 1.80. The maximum absolute atomic E-state index is 11.0. The van der Waals surface area contributed by atoms with E-state index in [4.69, 9.17) is 16.7 Å². The first kappa shape index (κ1) is 13.2. The highest BCUT2D eigenvalue weighted by molar-refractivity contribution is 6.34. The van der Waals surface area contributed by atoms with E-state index in [1.807, 2.05) is 30.3 Å². The first-order valence-corrected chi connectivity index (χ1v) is 5.89. The van der Waals surface area contributed by atoms with Crippen molar-refractivity contribution in [2.45, 2.75) is 6.42 Å². The zero-order valence-corrected chi connectivity index (χ0v) is 10.6. The van der Waals surface area contributed by atoms with Crippen molar-refractivity contribution in [2.75, 3.05) is 0 Å². The van der Waals surface area contributed by atoms with Gasteiger partial charge < -0.3 is 15.3 Å². The highest BCUT2D eigenvalue weighted by Crippen LogP contribution is 2.39.